The minimum atomic E-state index is -0.742. The largest absolute Gasteiger partial charge is 0.455 e. The molecule has 0 aromatic heterocycles. The van der Waals surface area contributed by atoms with Crippen LogP contribution in [0.3, 0.4) is 0 Å². The van der Waals surface area contributed by atoms with Crippen molar-refractivity contribution in [1.82, 2.24) is 0 Å². The van der Waals surface area contributed by atoms with Gasteiger partial charge in [0.1, 0.15) is 11.4 Å². The van der Waals surface area contributed by atoms with E-state index in [0.717, 1.165) is 0 Å². The molecule has 0 aliphatic heterocycles. The van der Waals surface area contributed by atoms with Crippen molar-refractivity contribution in [2.75, 3.05) is 0 Å². The van der Waals surface area contributed by atoms with Crippen LogP contribution in [0.2, 0.25) is 0 Å². The van der Waals surface area contributed by atoms with E-state index in [1.54, 1.807) is 19.1 Å². The number of hydrogen-bond donors (Lipinski definition) is 0. The van der Waals surface area contributed by atoms with Crippen molar-refractivity contribution >= 4 is 5.97 Å². The number of rotatable bonds is 3. The van der Waals surface area contributed by atoms with E-state index in [2.05, 4.69) is 0 Å². The highest BCUT2D eigenvalue weighted by molar-refractivity contribution is 5.66. The van der Waals surface area contributed by atoms with E-state index in [9.17, 15) is 9.18 Å². The van der Waals surface area contributed by atoms with Gasteiger partial charge in [0.2, 0.25) is 0 Å². The highest BCUT2D eigenvalue weighted by Gasteiger charge is 2.28. The first kappa shape index (κ1) is 11.7. The summed E-state index contributed by atoms with van der Waals surface area (Å²) < 4.78 is 18.3. The molecule has 0 bridgehead atoms. The smallest absolute Gasteiger partial charge is 0.303 e. The summed E-state index contributed by atoms with van der Waals surface area (Å²) >= 11 is 0. The lowest BCUT2D eigenvalue weighted by atomic mass is 9.93. The number of esters is 1. The van der Waals surface area contributed by atoms with Crippen LogP contribution in [0.15, 0.2) is 24.3 Å². The lowest BCUT2D eigenvalue weighted by molar-refractivity contribution is -0.156. The van der Waals surface area contributed by atoms with Crippen LogP contribution in [-0.2, 0) is 15.1 Å². The summed E-state index contributed by atoms with van der Waals surface area (Å²) in [6, 6.07) is 6.14. The minimum absolute atomic E-state index is 0.320. The van der Waals surface area contributed by atoms with Crippen LogP contribution in [0.1, 0.15) is 32.8 Å². The number of carbonyl (C=O) groups is 1. The summed E-state index contributed by atoms with van der Waals surface area (Å²) in [7, 11) is 0. The first-order chi connectivity index (χ1) is 6.98. The van der Waals surface area contributed by atoms with Crippen molar-refractivity contribution in [3.05, 3.63) is 35.6 Å². The Morgan fingerprint density at radius 1 is 1.53 bits per heavy atom. The molecule has 0 spiro atoms. The monoisotopic (exact) mass is 210 g/mol. The van der Waals surface area contributed by atoms with Crippen LogP contribution >= 0.6 is 0 Å². The van der Waals surface area contributed by atoms with Gasteiger partial charge < -0.3 is 4.74 Å². The molecule has 1 rings (SSSR count). The normalized spacial score (nSPS) is 14.4. The molecule has 1 aromatic carbocycles. The molecule has 0 radical (unpaired) electrons. The molecule has 0 aliphatic carbocycles. The zero-order valence-electron chi connectivity index (χ0n) is 9.21. The Kier molecular flexibility index (Phi) is 3.45. The molecule has 0 fully saturated rings. The highest BCUT2D eigenvalue weighted by Crippen LogP contribution is 2.29. The maximum atomic E-state index is 13.0. The Morgan fingerprint density at radius 2 is 2.20 bits per heavy atom. The molecule has 1 unspecified atom stereocenters. The van der Waals surface area contributed by atoms with Gasteiger partial charge >= 0.3 is 5.97 Å². The van der Waals surface area contributed by atoms with Crippen LogP contribution in [0.5, 0.6) is 0 Å². The van der Waals surface area contributed by atoms with Gasteiger partial charge in [-0.2, -0.15) is 0 Å². The fourth-order valence-electron chi connectivity index (χ4n) is 1.47. The van der Waals surface area contributed by atoms with Crippen LogP contribution in [-0.4, -0.2) is 5.97 Å². The number of carbonyl (C=O) groups excluding carboxylic acids is 1. The van der Waals surface area contributed by atoms with E-state index < -0.39 is 5.60 Å². The first-order valence-corrected chi connectivity index (χ1v) is 4.93. The van der Waals surface area contributed by atoms with E-state index in [4.69, 9.17) is 4.74 Å². The lowest BCUT2D eigenvalue weighted by Crippen LogP contribution is -2.27. The molecule has 1 atom stereocenters. The topological polar surface area (TPSA) is 26.3 Å². The molecule has 15 heavy (non-hydrogen) atoms. The maximum Gasteiger partial charge on any atom is 0.303 e. The van der Waals surface area contributed by atoms with Crippen molar-refractivity contribution in [3.8, 4) is 0 Å². The Labute approximate surface area is 89.1 Å². The quantitative estimate of drug-likeness (QED) is 0.717. The summed E-state index contributed by atoms with van der Waals surface area (Å²) in [6.45, 7) is 5.03. The second-order valence-corrected chi connectivity index (χ2v) is 3.69. The van der Waals surface area contributed by atoms with Gasteiger partial charge in [0, 0.05) is 6.92 Å². The molecule has 0 saturated carbocycles. The van der Waals surface area contributed by atoms with Crippen LogP contribution < -0.4 is 0 Å². The highest BCUT2D eigenvalue weighted by atomic mass is 19.1. The van der Waals surface area contributed by atoms with E-state index in [1.807, 2.05) is 6.92 Å². The van der Waals surface area contributed by atoms with E-state index >= 15 is 0 Å². The number of benzene rings is 1. The molecule has 0 aliphatic rings. The third-order valence-corrected chi connectivity index (χ3v) is 2.48. The van der Waals surface area contributed by atoms with Gasteiger partial charge in [-0.15, -0.1) is 0 Å². The molecule has 2 nitrogen and oxygen atoms in total. The van der Waals surface area contributed by atoms with Crippen molar-refractivity contribution < 1.29 is 13.9 Å². The zero-order chi connectivity index (χ0) is 11.5. The number of hydrogen-bond acceptors (Lipinski definition) is 2. The van der Waals surface area contributed by atoms with Gasteiger partial charge in [0.05, 0.1) is 0 Å². The van der Waals surface area contributed by atoms with Gasteiger partial charge in [-0.1, -0.05) is 19.1 Å². The third kappa shape index (κ3) is 2.78. The van der Waals surface area contributed by atoms with E-state index in [0.29, 0.717) is 12.0 Å². The molecule has 82 valence electrons. The fourth-order valence-corrected chi connectivity index (χ4v) is 1.47. The standard InChI is InChI=1S/C12H15FO2/c1-4-12(3,15-9(2)14)10-6-5-7-11(13)8-10/h5-8H,4H2,1-3H3. The van der Waals surface area contributed by atoms with Crippen molar-refractivity contribution in [1.29, 1.82) is 0 Å². The summed E-state index contributed by atoms with van der Waals surface area (Å²) in [5.41, 5.74) is -0.0614. The zero-order valence-corrected chi connectivity index (χ0v) is 9.21. The van der Waals surface area contributed by atoms with Gasteiger partial charge in [-0.25, -0.2) is 4.39 Å². The fraction of sp³-hybridized carbons (Fsp3) is 0.417. The molecule has 0 N–H and O–H groups in total. The van der Waals surface area contributed by atoms with Crippen molar-refractivity contribution in [2.45, 2.75) is 32.8 Å². The molecular weight excluding hydrogens is 195 g/mol. The summed E-state index contributed by atoms with van der Waals surface area (Å²) in [4.78, 5) is 11.0. The molecule has 0 heterocycles. The van der Waals surface area contributed by atoms with Gasteiger partial charge in [-0.05, 0) is 31.0 Å². The molecule has 0 saturated heterocycles. The summed E-state index contributed by atoms with van der Waals surface area (Å²) in [6.07, 6.45) is 0.607. The number of ether oxygens (including phenoxy) is 1. The predicted molar refractivity (Wildman–Crippen MR) is 55.8 cm³/mol. The van der Waals surface area contributed by atoms with E-state index in [1.165, 1.54) is 19.1 Å². The minimum Gasteiger partial charge on any atom is -0.455 e. The van der Waals surface area contributed by atoms with Gasteiger partial charge in [0.25, 0.3) is 0 Å². The molecule has 0 amide bonds. The van der Waals surface area contributed by atoms with Crippen molar-refractivity contribution in [3.63, 3.8) is 0 Å². The van der Waals surface area contributed by atoms with Gasteiger partial charge in [-0.3, -0.25) is 4.79 Å². The lowest BCUT2D eigenvalue weighted by Gasteiger charge is -2.28. The first-order valence-electron chi connectivity index (χ1n) is 4.93. The van der Waals surface area contributed by atoms with Crippen LogP contribution in [0, 0.1) is 5.82 Å². The Morgan fingerprint density at radius 3 is 2.67 bits per heavy atom. The molecule has 3 heteroatoms. The second kappa shape index (κ2) is 4.43. The van der Waals surface area contributed by atoms with Crippen LogP contribution in [0.25, 0.3) is 0 Å². The van der Waals surface area contributed by atoms with E-state index in [-0.39, 0.29) is 11.8 Å². The second-order valence-electron chi connectivity index (χ2n) is 3.69. The Balaban J connectivity index is 3.05. The Bertz CT molecular complexity index is 362. The maximum absolute atomic E-state index is 13.0. The summed E-state index contributed by atoms with van der Waals surface area (Å²) in [5.74, 6) is -0.678. The predicted octanol–water partition coefficient (Wildman–Crippen LogP) is 3.01. The average molecular weight is 210 g/mol. The van der Waals surface area contributed by atoms with Gasteiger partial charge in [0.15, 0.2) is 0 Å². The number of halogens is 1. The molecular formula is C12H15FO2. The Hall–Kier alpha value is -1.38. The van der Waals surface area contributed by atoms with Crippen molar-refractivity contribution in [2.24, 2.45) is 0 Å². The van der Waals surface area contributed by atoms with Crippen LogP contribution in [0.4, 0.5) is 4.39 Å². The summed E-state index contributed by atoms with van der Waals surface area (Å²) in [5, 5.41) is 0. The SMILES string of the molecule is CCC(C)(OC(C)=O)c1cccc(F)c1. The molecule has 1 aromatic rings. The average Bonchev–Trinajstić information content (AvgIpc) is 2.16. The third-order valence-electron chi connectivity index (χ3n) is 2.48.